The Labute approximate surface area is 188 Å². The molecular weight excluding hydrogens is 429 g/mol. The molecule has 0 spiro atoms. The first-order valence-electron chi connectivity index (χ1n) is 10.2. The first-order chi connectivity index (χ1) is 16.0. The van der Waals surface area contributed by atoms with Crippen LogP contribution in [0.3, 0.4) is 0 Å². The number of nitrogens with zero attached hydrogens (tertiary/aromatic N) is 4. The number of methoxy groups -OCH3 is 2. The largest absolute Gasteiger partial charge is 0.493 e. The average molecular weight is 451 g/mol. The molecule has 0 aliphatic rings. The summed E-state index contributed by atoms with van der Waals surface area (Å²) in [6.45, 7) is 0.759. The van der Waals surface area contributed by atoms with Gasteiger partial charge in [-0.2, -0.15) is 5.10 Å². The molecule has 2 aromatic carbocycles. The fraction of sp³-hybridized carbons (Fsp3) is 0.217. The maximum absolute atomic E-state index is 13.4. The zero-order chi connectivity index (χ0) is 23.4. The summed E-state index contributed by atoms with van der Waals surface area (Å²) in [5.41, 5.74) is 1.13. The van der Waals surface area contributed by atoms with Crippen LogP contribution in [0.4, 0.5) is 4.39 Å². The van der Waals surface area contributed by atoms with E-state index < -0.39 is 0 Å². The lowest BCUT2D eigenvalue weighted by atomic mass is 10.1. The molecule has 2 heterocycles. The molecule has 170 valence electrons. The van der Waals surface area contributed by atoms with Gasteiger partial charge in [0.1, 0.15) is 17.5 Å². The van der Waals surface area contributed by atoms with E-state index in [1.165, 1.54) is 43.4 Å². The fourth-order valence-electron chi connectivity index (χ4n) is 3.54. The molecule has 9 nitrogen and oxygen atoms in total. The Hall–Kier alpha value is -4.21. The SMILES string of the molecule is COc1cccc(C(=O)NCCn2ncc3c(=O)n(Cc4cccc(F)c4)cnc32)c1OC. The second kappa shape index (κ2) is 9.51. The van der Waals surface area contributed by atoms with E-state index in [2.05, 4.69) is 15.4 Å². The molecule has 0 aliphatic heterocycles. The summed E-state index contributed by atoms with van der Waals surface area (Å²) in [7, 11) is 2.97. The molecule has 33 heavy (non-hydrogen) atoms. The second-order valence-corrected chi connectivity index (χ2v) is 7.21. The third kappa shape index (κ3) is 4.54. The summed E-state index contributed by atoms with van der Waals surface area (Å²) in [5.74, 6) is 0.119. The van der Waals surface area contributed by atoms with Crippen molar-refractivity contribution < 1.29 is 18.7 Å². The van der Waals surface area contributed by atoms with E-state index in [1.807, 2.05) is 0 Å². The molecule has 0 saturated heterocycles. The standard InChI is InChI=1S/C23H22FN5O4/c1-32-19-8-4-7-17(20(19)33-2)22(30)25-9-10-29-21-18(12-27-29)23(31)28(14-26-21)13-15-5-3-6-16(24)11-15/h3-8,11-12,14H,9-10,13H2,1-2H3,(H,25,30). The topological polar surface area (TPSA) is 100 Å². The van der Waals surface area contributed by atoms with E-state index >= 15 is 0 Å². The van der Waals surface area contributed by atoms with Crippen molar-refractivity contribution in [3.05, 3.63) is 82.3 Å². The molecule has 0 fully saturated rings. The predicted octanol–water partition coefficient (Wildman–Crippen LogP) is 2.23. The van der Waals surface area contributed by atoms with Crippen molar-refractivity contribution in [1.82, 2.24) is 24.6 Å². The van der Waals surface area contributed by atoms with Crippen LogP contribution in [0.5, 0.6) is 11.5 Å². The van der Waals surface area contributed by atoms with Crippen molar-refractivity contribution in [2.24, 2.45) is 0 Å². The Morgan fingerprint density at radius 1 is 1.15 bits per heavy atom. The molecule has 0 radical (unpaired) electrons. The van der Waals surface area contributed by atoms with Gasteiger partial charge in [-0.05, 0) is 29.8 Å². The van der Waals surface area contributed by atoms with Gasteiger partial charge in [-0.15, -0.1) is 0 Å². The van der Waals surface area contributed by atoms with E-state index in [4.69, 9.17) is 9.47 Å². The highest BCUT2D eigenvalue weighted by atomic mass is 19.1. The van der Waals surface area contributed by atoms with Crippen LogP contribution in [0, 0.1) is 5.82 Å². The molecule has 0 atom stereocenters. The quantitative estimate of drug-likeness (QED) is 0.441. The van der Waals surface area contributed by atoms with Crippen molar-refractivity contribution in [3.8, 4) is 11.5 Å². The number of rotatable bonds is 8. The number of benzene rings is 2. The summed E-state index contributed by atoms with van der Waals surface area (Å²) in [6, 6.07) is 11.1. The molecule has 4 aromatic rings. The maximum Gasteiger partial charge on any atom is 0.264 e. The number of hydrogen-bond donors (Lipinski definition) is 1. The molecule has 0 aliphatic carbocycles. The minimum Gasteiger partial charge on any atom is -0.493 e. The fourth-order valence-corrected chi connectivity index (χ4v) is 3.54. The molecule has 2 aromatic heterocycles. The van der Waals surface area contributed by atoms with E-state index in [-0.39, 0.29) is 30.4 Å². The van der Waals surface area contributed by atoms with Gasteiger partial charge in [-0.3, -0.25) is 14.2 Å². The summed E-state index contributed by atoms with van der Waals surface area (Å²) in [4.78, 5) is 29.8. The number of amides is 1. The molecule has 1 N–H and O–H groups in total. The third-order valence-electron chi connectivity index (χ3n) is 5.12. The van der Waals surface area contributed by atoms with Crippen LogP contribution >= 0.6 is 0 Å². The molecule has 0 saturated carbocycles. The number of nitrogens with one attached hydrogen (secondary N) is 1. The Morgan fingerprint density at radius 3 is 2.73 bits per heavy atom. The lowest BCUT2D eigenvalue weighted by Gasteiger charge is -2.12. The van der Waals surface area contributed by atoms with Crippen LogP contribution in [0.25, 0.3) is 11.0 Å². The minimum absolute atomic E-state index is 0.198. The number of carbonyl (C=O) groups is 1. The number of carbonyl (C=O) groups excluding carboxylic acids is 1. The van der Waals surface area contributed by atoms with Crippen LogP contribution < -0.4 is 20.3 Å². The van der Waals surface area contributed by atoms with Crippen LogP contribution in [0.2, 0.25) is 0 Å². The van der Waals surface area contributed by atoms with Gasteiger partial charge in [0.2, 0.25) is 0 Å². The zero-order valence-corrected chi connectivity index (χ0v) is 18.1. The summed E-state index contributed by atoms with van der Waals surface area (Å²) < 4.78 is 26.9. The van der Waals surface area contributed by atoms with Gasteiger partial charge in [0.25, 0.3) is 11.5 Å². The first kappa shape index (κ1) is 22.0. The molecule has 1 amide bonds. The van der Waals surface area contributed by atoms with E-state index in [0.29, 0.717) is 40.2 Å². The highest BCUT2D eigenvalue weighted by Gasteiger charge is 2.16. The summed E-state index contributed by atoms with van der Waals surface area (Å²) in [5, 5.41) is 7.39. The van der Waals surface area contributed by atoms with Crippen LogP contribution in [0.1, 0.15) is 15.9 Å². The van der Waals surface area contributed by atoms with Crippen molar-refractivity contribution in [2.45, 2.75) is 13.1 Å². The van der Waals surface area contributed by atoms with Gasteiger partial charge in [0.15, 0.2) is 17.1 Å². The first-order valence-corrected chi connectivity index (χ1v) is 10.2. The number of fused-ring (bicyclic) bond motifs is 1. The Bertz CT molecular complexity index is 1360. The normalized spacial score (nSPS) is 10.9. The van der Waals surface area contributed by atoms with Crippen molar-refractivity contribution in [3.63, 3.8) is 0 Å². The Kier molecular flexibility index (Phi) is 6.34. The second-order valence-electron chi connectivity index (χ2n) is 7.21. The smallest absolute Gasteiger partial charge is 0.264 e. The lowest BCUT2D eigenvalue weighted by Crippen LogP contribution is -2.28. The number of para-hydroxylation sites is 1. The van der Waals surface area contributed by atoms with Gasteiger partial charge in [0.05, 0.1) is 39.1 Å². The number of ether oxygens (including phenoxy) is 2. The predicted molar refractivity (Wildman–Crippen MR) is 119 cm³/mol. The van der Waals surface area contributed by atoms with Gasteiger partial charge in [0, 0.05) is 6.54 Å². The number of halogens is 1. The molecule has 4 rings (SSSR count). The van der Waals surface area contributed by atoms with Crippen molar-refractivity contribution in [2.75, 3.05) is 20.8 Å². The van der Waals surface area contributed by atoms with E-state index in [1.54, 1.807) is 35.0 Å². The van der Waals surface area contributed by atoms with E-state index in [9.17, 15) is 14.0 Å². The zero-order valence-electron chi connectivity index (χ0n) is 18.1. The van der Waals surface area contributed by atoms with Gasteiger partial charge in [-0.1, -0.05) is 18.2 Å². The Balaban J connectivity index is 1.46. The number of hydrogen-bond acceptors (Lipinski definition) is 6. The maximum atomic E-state index is 13.4. The van der Waals surface area contributed by atoms with Gasteiger partial charge >= 0.3 is 0 Å². The third-order valence-corrected chi connectivity index (χ3v) is 5.12. The monoisotopic (exact) mass is 451 g/mol. The summed E-state index contributed by atoms with van der Waals surface area (Å²) in [6.07, 6.45) is 2.85. The highest BCUT2D eigenvalue weighted by molar-refractivity contribution is 5.97. The molecular formula is C23H22FN5O4. The van der Waals surface area contributed by atoms with Gasteiger partial charge in [-0.25, -0.2) is 14.1 Å². The van der Waals surface area contributed by atoms with Gasteiger partial charge < -0.3 is 14.8 Å². The van der Waals surface area contributed by atoms with Crippen molar-refractivity contribution >= 4 is 16.9 Å². The van der Waals surface area contributed by atoms with E-state index in [0.717, 1.165) is 0 Å². The summed E-state index contributed by atoms with van der Waals surface area (Å²) >= 11 is 0. The van der Waals surface area contributed by atoms with Crippen LogP contribution in [-0.4, -0.2) is 46.0 Å². The van der Waals surface area contributed by atoms with Crippen LogP contribution in [-0.2, 0) is 13.1 Å². The molecule has 0 bridgehead atoms. The lowest BCUT2D eigenvalue weighted by molar-refractivity contribution is 0.0948. The minimum atomic E-state index is -0.365. The Morgan fingerprint density at radius 2 is 1.97 bits per heavy atom. The van der Waals surface area contributed by atoms with Crippen molar-refractivity contribution in [1.29, 1.82) is 0 Å². The average Bonchev–Trinajstić information content (AvgIpc) is 3.24. The molecule has 0 unspecified atom stereocenters. The highest BCUT2D eigenvalue weighted by Crippen LogP contribution is 2.30. The van der Waals surface area contributed by atoms with Crippen LogP contribution in [0.15, 0.2) is 59.8 Å². The number of aromatic nitrogens is 4. The molecule has 10 heteroatoms.